The van der Waals surface area contributed by atoms with Crippen molar-refractivity contribution in [2.75, 3.05) is 7.11 Å². The SMILES string of the molecule is COc1ccc(-c2noc(CCCC(=O)N(Cc3cccs3)Cc3cccs3)n2)cc1. The molecule has 0 aliphatic rings. The number of aryl methyl sites for hydroxylation is 1. The van der Waals surface area contributed by atoms with Gasteiger partial charge < -0.3 is 14.2 Å². The van der Waals surface area contributed by atoms with Gasteiger partial charge in [0.25, 0.3) is 0 Å². The highest BCUT2D eigenvalue weighted by Gasteiger charge is 2.16. The second-order valence-electron chi connectivity index (χ2n) is 7.00. The lowest BCUT2D eigenvalue weighted by Gasteiger charge is -2.21. The number of amides is 1. The molecule has 0 saturated carbocycles. The molecule has 0 N–H and O–H groups in total. The summed E-state index contributed by atoms with van der Waals surface area (Å²) in [5, 5.41) is 8.14. The monoisotopic (exact) mass is 453 g/mol. The van der Waals surface area contributed by atoms with Crippen LogP contribution < -0.4 is 4.74 Å². The van der Waals surface area contributed by atoms with E-state index >= 15 is 0 Å². The Bertz CT molecular complexity index is 1040. The number of hydrogen-bond acceptors (Lipinski definition) is 7. The van der Waals surface area contributed by atoms with Gasteiger partial charge in [0.15, 0.2) is 0 Å². The zero-order chi connectivity index (χ0) is 21.5. The molecule has 3 heterocycles. The Morgan fingerprint density at radius 3 is 2.29 bits per heavy atom. The van der Waals surface area contributed by atoms with Gasteiger partial charge in [-0.15, -0.1) is 22.7 Å². The Balaban J connectivity index is 1.32. The minimum absolute atomic E-state index is 0.136. The summed E-state index contributed by atoms with van der Waals surface area (Å²) < 4.78 is 10.5. The lowest BCUT2D eigenvalue weighted by Crippen LogP contribution is -2.29. The van der Waals surface area contributed by atoms with Crippen molar-refractivity contribution in [1.29, 1.82) is 0 Å². The predicted octanol–water partition coefficient (Wildman–Crippen LogP) is 5.42. The van der Waals surface area contributed by atoms with Crippen molar-refractivity contribution in [2.45, 2.75) is 32.4 Å². The molecule has 3 aromatic heterocycles. The van der Waals surface area contributed by atoms with E-state index in [9.17, 15) is 4.79 Å². The average Bonchev–Trinajstić information content (AvgIpc) is 3.57. The van der Waals surface area contributed by atoms with E-state index in [-0.39, 0.29) is 5.91 Å². The molecular weight excluding hydrogens is 430 g/mol. The summed E-state index contributed by atoms with van der Waals surface area (Å²) >= 11 is 3.35. The third-order valence-electron chi connectivity index (χ3n) is 4.80. The topological polar surface area (TPSA) is 68.5 Å². The highest BCUT2D eigenvalue weighted by Crippen LogP contribution is 2.21. The van der Waals surface area contributed by atoms with Crippen LogP contribution in [0.2, 0.25) is 0 Å². The van der Waals surface area contributed by atoms with Gasteiger partial charge in [-0.2, -0.15) is 4.98 Å². The van der Waals surface area contributed by atoms with E-state index in [0.717, 1.165) is 11.3 Å². The molecule has 1 amide bonds. The summed E-state index contributed by atoms with van der Waals surface area (Å²) in [6, 6.07) is 15.7. The fourth-order valence-corrected chi connectivity index (χ4v) is 4.62. The fraction of sp³-hybridized carbons (Fsp3) is 0.261. The maximum Gasteiger partial charge on any atom is 0.226 e. The summed E-state index contributed by atoms with van der Waals surface area (Å²) in [7, 11) is 1.63. The molecule has 31 heavy (non-hydrogen) atoms. The highest BCUT2D eigenvalue weighted by atomic mass is 32.1. The standard InChI is InChI=1S/C23H23N3O3S2/c1-28-18-11-9-17(10-12-18)23-24-21(29-25-23)7-2-8-22(27)26(15-19-5-3-13-30-19)16-20-6-4-14-31-20/h3-6,9-14H,2,7-8,15-16H2,1H3. The Labute approximate surface area is 189 Å². The van der Waals surface area contributed by atoms with E-state index in [2.05, 4.69) is 22.3 Å². The van der Waals surface area contributed by atoms with Crippen LogP contribution in [0.1, 0.15) is 28.5 Å². The number of carbonyl (C=O) groups excluding carboxylic acids is 1. The largest absolute Gasteiger partial charge is 0.497 e. The first kappa shape index (κ1) is 21.3. The number of hydrogen-bond donors (Lipinski definition) is 0. The summed E-state index contributed by atoms with van der Waals surface area (Å²) in [5.41, 5.74) is 0.866. The van der Waals surface area contributed by atoms with Crippen molar-refractivity contribution >= 4 is 28.6 Å². The molecule has 0 saturated heterocycles. The molecule has 0 aliphatic carbocycles. The molecule has 1 aromatic carbocycles. The lowest BCUT2D eigenvalue weighted by atomic mass is 10.2. The first-order valence-corrected chi connectivity index (χ1v) is 11.8. The fourth-order valence-electron chi connectivity index (χ4n) is 3.18. The minimum Gasteiger partial charge on any atom is -0.497 e. The van der Waals surface area contributed by atoms with Crippen LogP contribution in [0.4, 0.5) is 0 Å². The predicted molar refractivity (Wildman–Crippen MR) is 122 cm³/mol. The van der Waals surface area contributed by atoms with E-state index in [4.69, 9.17) is 9.26 Å². The molecule has 0 bridgehead atoms. The number of thiophene rings is 2. The van der Waals surface area contributed by atoms with Crippen LogP contribution in [0.25, 0.3) is 11.4 Å². The normalized spacial score (nSPS) is 10.9. The van der Waals surface area contributed by atoms with Gasteiger partial charge in [0.1, 0.15) is 5.75 Å². The van der Waals surface area contributed by atoms with Gasteiger partial charge >= 0.3 is 0 Å². The second kappa shape index (κ2) is 10.4. The zero-order valence-corrected chi connectivity index (χ0v) is 18.8. The molecule has 6 nitrogen and oxygen atoms in total. The summed E-state index contributed by atoms with van der Waals surface area (Å²) in [6.45, 7) is 1.27. The maximum absolute atomic E-state index is 12.9. The van der Waals surface area contributed by atoms with E-state index in [1.165, 1.54) is 9.75 Å². The Kier molecular flexibility index (Phi) is 7.11. The van der Waals surface area contributed by atoms with Crippen LogP contribution in [0.3, 0.4) is 0 Å². The molecular formula is C23H23N3O3S2. The average molecular weight is 454 g/mol. The molecule has 0 atom stereocenters. The molecule has 0 spiro atoms. The number of rotatable bonds is 10. The van der Waals surface area contributed by atoms with Gasteiger partial charge in [-0.3, -0.25) is 4.79 Å². The Morgan fingerprint density at radius 1 is 1.03 bits per heavy atom. The van der Waals surface area contributed by atoms with E-state index < -0.39 is 0 Å². The van der Waals surface area contributed by atoms with Crippen LogP contribution in [-0.4, -0.2) is 28.1 Å². The lowest BCUT2D eigenvalue weighted by molar-refractivity contribution is -0.132. The number of carbonyl (C=O) groups is 1. The van der Waals surface area contributed by atoms with Crippen molar-refractivity contribution in [3.05, 3.63) is 74.9 Å². The van der Waals surface area contributed by atoms with Gasteiger partial charge in [0, 0.05) is 28.2 Å². The molecule has 8 heteroatoms. The maximum atomic E-state index is 12.9. The van der Waals surface area contributed by atoms with Gasteiger partial charge in [-0.05, 0) is 53.6 Å². The van der Waals surface area contributed by atoms with Crippen molar-refractivity contribution in [1.82, 2.24) is 15.0 Å². The third kappa shape index (κ3) is 5.80. The van der Waals surface area contributed by atoms with Crippen LogP contribution >= 0.6 is 22.7 Å². The molecule has 4 rings (SSSR count). The van der Waals surface area contributed by atoms with E-state index in [1.807, 2.05) is 52.1 Å². The molecule has 0 unspecified atom stereocenters. The number of methoxy groups -OCH3 is 1. The van der Waals surface area contributed by atoms with Gasteiger partial charge in [-0.25, -0.2) is 0 Å². The van der Waals surface area contributed by atoms with E-state index in [0.29, 0.717) is 44.1 Å². The van der Waals surface area contributed by atoms with Gasteiger partial charge in [0.05, 0.1) is 20.2 Å². The van der Waals surface area contributed by atoms with Crippen molar-refractivity contribution < 1.29 is 14.1 Å². The first-order chi connectivity index (χ1) is 15.2. The quantitative estimate of drug-likeness (QED) is 0.321. The Hall–Kier alpha value is -2.97. The molecule has 4 aromatic rings. The second-order valence-corrected chi connectivity index (χ2v) is 9.07. The number of ether oxygens (including phenoxy) is 1. The van der Waals surface area contributed by atoms with Gasteiger partial charge in [0.2, 0.25) is 17.6 Å². The summed E-state index contributed by atoms with van der Waals surface area (Å²) in [4.78, 5) is 21.7. The minimum atomic E-state index is 0.136. The number of nitrogens with zero attached hydrogens (tertiary/aromatic N) is 3. The van der Waals surface area contributed by atoms with Crippen molar-refractivity contribution in [3.63, 3.8) is 0 Å². The number of aromatic nitrogens is 2. The van der Waals surface area contributed by atoms with Crippen molar-refractivity contribution in [3.8, 4) is 17.1 Å². The molecule has 0 fully saturated rings. The molecule has 160 valence electrons. The van der Waals surface area contributed by atoms with Crippen LogP contribution in [0.5, 0.6) is 5.75 Å². The highest BCUT2D eigenvalue weighted by molar-refractivity contribution is 7.10. The van der Waals surface area contributed by atoms with Crippen molar-refractivity contribution in [2.24, 2.45) is 0 Å². The van der Waals surface area contributed by atoms with Gasteiger partial charge in [-0.1, -0.05) is 17.3 Å². The molecule has 0 radical (unpaired) electrons. The first-order valence-electron chi connectivity index (χ1n) is 10.0. The Morgan fingerprint density at radius 2 is 1.71 bits per heavy atom. The number of benzene rings is 1. The van der Waals surface area contributed by atoms with Crippen LogP contribution in [-0.2, 0) is 24.3 Å². The molecule has 0 aliphatic heterocycles. The van der Waals surface area contributed by atoms with Crippen LogP contribution in [0.15, 0.2) is 63.8 Å². The van der Waals surface area contributed by atoms with Crippen LogP contribution in [0, 0.1) is 0 Å². The smallest absolute Gasteiger partial charge is 0.226 e. The summed E-state index contributed by atoms with van der Waals surface area (Å²) in [5.74, 6) is 2.00. The van der Waals surface area contributed by atoms with E-state index in [1.54, 1.807) is 29.8 Å². The summed E-state index contributed by atoms with van der Waals surface area (Å²) in [6.07, 6.45) is 1.67. The third-order valence-corrected chi connectivity index (χ3v) is 6.53. The zero-order valence-electron chi connectivity index (χ0n) is 17.2.